The molecule has 0 unspecified atom stereocenters. The summed E-state index contributed by atoms with van der Waals surface area (Å²) < 4.78 is 13.5. The van der Waals surface area contributed by atoms with E-state index in [1.54, 1.807) is 0 Å². The van der Waals surface area contributed by atoms with E-state index in [1.807, 2.05) is 6.92 Å². The van der Waals surface area contributed by atoms with Crippen LogP contribution < -0.4 is 5.32 Å². The lowest BCUT2D eigenvalue weighted by Crippen LogP contribution is -2.04. The van der Waals surface area contributed by atoms with Crippen LogP contribution in [0.4, 0.5) is 10.3 Å². The predicted octanol–water partition coefficient (Wildman–Crippen LogP) is 1.50. The monoisotopic (exact) mass is 219 g/mol. The molecule has 0 amide bonds. The standard InChI is InChI=1S/C10H10FN5/c1-2-13-10-15-5-7(11)9(16-10)8-6-12-3-4-14-8/h3-6H,2H2,1H3,(H,13,15,16). The zero-order valence-electron chi connectivity index (χ0n) is 8.68. The molecule has 2 aromatic rings. The molecule has 1 N–H and O–H groups in total. The van der Waals surface area contributed by atoms with Gasteiger partial charge in [-0.1, -0.05) is 0 Å². The van der Waals surface area contributed by atoms with Crippen LogP contribution in [-0.2, 0) is 0 Å². The van der Waals surface area contributed by atoms with E-state index < -0.39 is 5.82 Å². The lowest BCUT2D eigenvalue weighted by molar-refractivity contribution is 0.617. The molecule has 82 valence electrons. The summed E-state index contributed by atoms with van der Waals surface area (Å²) in [6.07, 6.45) is 5.59. The fourth-order valence-corrected chi connectivity index (χ4v) is 1.21. The van der Waals surface area contributed by atoms with Crippen LogP contribution in [0.2, 0.25) is 0 Å². The summed E-state index contributed by atoms with van der Waals surface area (Å²) in [5.74, 6) is -0.133. The average Bonchev–Trinajstić information content (AvgIpc) is 2.33. The summed E-state index contributed by atoms with van der Waals surface area (Å²) in [6.45, 7) is 2.58. The fourth-order valence-electron chi connectivity index (χ4n) is 1.21. The zero-order valence-corrected chi connectivity index (χ0v) is 8.68. The van der Waals surface area contributed by atoms with Crippen molar-refractivity contribution in [3.63, 3.8) is 0 Å². The second-order valence-electron chi connectivity index (χ2n) is 3.01. The van der Waals surface area contributed by atoms with Crippen molar-refractivity contribution in [2.45, 2.75) is 6.92 Å². The summed E-state index contributed by atoms with van der Waals surface area (Å²) in [7, 11) is 0. The van der Waals surface area contributed by atoms with E-state index in [1.165, 1.54) is 18.6 Å². The van der Waals surface area contributed by atoms with Crippen LogP contribution in [0.25, 0.3) is 11.4 Å². The molecule has 0 aromatic carbocycles. The van der Waals surface area contributed by atoms with Crippen molar-refractivity contribution >= 4 is 5.95 Å². The summed E-state index contributed by atoms with van der Waals surface area (Å²) in [6, 6.07) is 0. The van der Waals surface area contributed by atoms with Crippen molar-refractivity contribution in [1.29, 1.82) is 0 Å². The highest BCUT2D eigenvalue weighted by molar-refractivity contribution is 5.54. The Labute approximate surface area is 91.8 Å². The first-order valence-corrected chi connectivity index (χ1v) is 4.84. The van der Waals surface area contributed by atoms with Crippen molar-refractivity contribution in [1.82, 2.24) is 19.9 Å². The molecule has 0 saturated carbocycles. The van der Waals surface area contributed by atoms with Crippen molar-refractivity contribution in [3.05, 3.63) is 30.6 Å². The van der Waals surface area contributed by atoms with E-state index in [-0.39, 0.29) is 5.69 Å². The number of halogens is 1. The summed E-state index contributed by atoms with van der Waals surface area (Å²) >= 11 is 0. The SMILES string of the molecule is CCNc1ncc(F)c(-c2cnccn2)n1. The van der Waals surface area contributed by atoms with Crippen LogP contribution >= 0.6 is 0 Å². The van der Waals surface area contributed by atoms with Gasteiger partial charge < -0.3 is 5.32 Å². The van der Waals surface area contributed by atoms with Crippen molar-refractivity contribution in [3.8, 4) is 11.4 Å². The molecule has 2 rings (SSSR count). The van der Waals surface area contributed by atoms with Crippen LogP contribution in [0, 0.1) is 5.82 Å². The number of aromatic nitrogens is 4. The summed E-state index contributed by atoms with van der Waals surface area (Å²) in [5, 5.41) is 2.91. The Hall–Kier alpha value is -2.11. The quantitative estimate of drug-likeness (QED) is 0.847. The Morgan fingerprint density at radius 2 is 2.12 bits per heavy atom. The van der Waals surface area contributed by atoms with E-state index in [0.717, 1.165) is 6.20 Å². The Morgan fingerprint density at radius 1 is 1.25 bits per heavy atom. The number of anilines is 1. The molecular weight excluding hydrogens is 209 g/mol. The van der Waals surface area contributed by atoms with Gasteiger partial charge in [-0.3, -0.25) is 9.97 Å². The molecule has 0 fully saturated rings. The molecule has 0 aliphatic rings. The predicted molar refractivity (Wildman–Crippen MR) is 57.2 cm³/mol. The Balaban J connectivity index is 2.43. The van der Waals surface area contributed by atoms with Crippen LogP contribution in [0.1, 0.15) is 6.92 Å². The fraction of sp³-hybridized carbons (Fsp3) is 0.200. The minimum Gasteiger partial charge on any atom is -0.354 e. The Morgan fingerprint density at radius 3 is 2.81 bits per heavy atom. The first-order chi connectivity index (χ1) is 7.81. The van der Waals surface area contributed by atoms with Crippen LogP contribution in [-0.4, -0.2) is 26.5 Å². The van der Waals surface area contributed by atoms with Gasteiger partial charge in [0.05, 0.1) is 12.4 Å². The molecule has 2 heterocycles. The van der Waals surface area contributed by atoms with Gasteiger partial charge in [-0.2, -0.15) is 0 Å². The van der Waals surface area contributed by atoms with Gasteiger partial charge in [0.2, 0.25) is 5.95 Å². The van der Waals surface area contributed by atoms with Crippen molar-refractivity contribution in [2.24, 2.45) is 0 Å². The van der Waals surface area contributed by atoms with E-state index in [0.29, 0.717) is 18.2 Å². The molecule has 5 nitrogen and oxygen atoms in total. The highest BCUT2D eigenvalue weighted by atomic mass is 19.1. The Bertz CT molecular complexity index is 474. The highest BCUT2D eigenvalue weighted by Crippen LogP contribution is 2.17. The molecule has 0 spiro atoms. The van der Waals surface area contributed by atoms with Crippen molar-refractivity contribution in [2.75, 3.05) is 11.9 Å². The van der Waals surface area contributed by atoms with Crippen LogP contribution in [0.3, 0.4) is 0 Å². The van der Waals surface area contributed by atoms with Gasteiger partial charge in [0, 0.05) is 18.9 Å². The minimum atomic E-state index is -0.512. The van der Waals surface area contributed by atoms with E-state index in [2.05, 4.69) is 25.3 Å². The maximum atomic E-state index is 13.5. The number of nitrogens with one attached hydrogen (secondary N) is 1. The van der Waals surface area contributed by atoms with Gasteiger partial charge >= 0.3 is 0 Å². The first kappa shape index (κ1) is 10.4. The second kappa shape index (κ2) is 4.61. The van der Waals surface area contributed by atoms with E-state index in [9.17, 15) is 4.39 Å². The third-order valence-corrected chi connectivity index (χ3v) is 1.88. The Kier molecular flexibility index (Phi) is 3.00. The molecule has 6 heteroatoms. The number of nitrogens with zero attached hydrogens (tertiary/aromatic N) is 4. The molecule has 0 bridgehead atoms. The summed E-state index contributed by atoms with van der Waals surface area (Å²) in [5.41, 5.74) is 0.542. The van der Waals surface area contributed by atoms with E-state index >= 15 is 0 Å². The maximum absolute atomic E-state index is 13.5. The van der Waals surface area contributed by atoms with Crippen LogP contribution in [0.15, 0.2) is 24.8 Å². The second-order valence-corrected chi connectivity index (χ2v) is 3.01. The first-order valence-electron chi connectivity index (χ1n) is 4.84. The molecule has 0 aliphatic heterocycles. The minimum absolute atomic E-state index is 0.152. The van der Waals surface area contributed by atoms with Crippen LogP contribution in [0.5, 0.6) is 0 Å². The van der Waals surface area contributed by atoms with Crippen molar-refractivity contribution < 1.29 is 4.39 Å². The smallest absolute Gasteiger partial charge is 0.223 e. The maximum Gasteiger partial charge on any atom is 0.223 e. The number of hydrogen-bond donors (Lipinski definition) is 1. The highest BCUT2D eigenvalue weighted by Gasteiger charge is 2.10. The molecule has 0 aliphatic carbocycles. The van der Waals surface area contributed by atoms with Gasteiger partial charge in [-0.15, -0.1) is 0 Å². The topological polar surface area (TPSA) is 63.6 Å². The molecule has 0 atom stereocenters. The number of hydrogen-bond acceptors (Lipinski definition) is 5. The van der Waals surface area contributed by atoms with Gasteiger partial charge in [-0.05, 0) is 6.92 Å². The van der Waals surface area contributed by atoms with Gasteiger partial charge in [0.1, 0.15) is 11.4 Å². The molecular formula is C10H10FN5. The average molecular weight is 219 g/mol. The third-order valence-electron chi connectivity index (χ3n) is 1.88. The third kappa shape index (κ3) is 2.10. The van der Waals surface area contributed by atoms with Gasteiger partial charge in [0.15, 0.2) is 5.82 Å². The largest absolute Gasteiger partial charge is 0.354 e. The molecule has 2 aromatic heterocycles. The molecule has 16 heavy (non-hydrogen) atoms. The van der Waals surface area contributed by atoms with E-state index in [4.69, 9.17) is 0 Å². The molecule has 0 radical (unpaired) electrons. The lowest BCUT2D eigenvalue weighted by Gasteiger charge is -2.04. The normalized spacial score (nSPS) is 10.1. The van der Waals surface area contributed by atoms with Gasteiger partial charge in [0.25, 0.3) is 0 Å². The van der Waals surface area contributed by atoms with Gasteiger partial charge in [-0.25, -0.2) is 14.4 Å². The molecule has 0 saturated heterocycles. The zero-order chi connectivity index (χ0) is 11.4. The lowest BCUT2D eigenvalue weighted by atomic mass is 10.3. The summed E-state index contributed by atoms with van der Waals surface area (Å²) in [4.78, 5) is 15.7. The number of rotatable bonds is 3.